The number of nitrogens with two attached hydrogens (primary N) is 1. The van der Waals surface area contributed by atoms with Crippen molar-refractivity contribution in [1.82, 2.24) is 0 Å². The van der Waals surface area contributed by atoms with Gasteiger partial charge in [-0.15, -0.1) is 11.3 Å². The van der Waals surface area contributed by atoms with Crippen molar-refractivity contribution >= 4 is 34.8 Å². The van der Waals surface area contributed by atoms with Crippen LogP contribution in [-0.4, -0.2) is 16.2 Å². The van der Waals surface area contributed by atoms with E-state index in [1.54, 1.807) is 24.3 Å². The van der Waals surface area contributed by atoms with Gasteiger partial charge >= 0.3 is 5.97 Å². The molecule has 4 nitrogen and oxygen atoms in total. The summed E-state index contributed by atoms with van der Waals surface area (Å²) in [7, 11) is 0. The molecular formula is C11H9NO3S2. The number of nitrogen functional groups attached to an aromatic ring is 1. The lowest BCUT2D eigenvalue weighted by molar-refractivity contribution is 0.0702. The summed E-state index contributed by atoms with van der Waals surface area (Å²) in [6.45, 7) is 0. The number of carboxylic acid groups (broad SMARTS) is 1. The third-order valence-electron chi connectivity index (χ3n) is 1.98. The number of benzene rings is 1. The molecule has 0 spiro atoms. The van der Waals surface area contributed by atoms with Gasteiger partial charge in [-0.2, -0.15) is 0 Å². The second-order valence-electron chi connectivity index (χ2n) is 3.25. The Labute approximate surface area is 106 Å². The number of hydrogen-bond donors (Lipinski definition) is 3. The molecule has 0 atom stereocenters. The Morgan fingerprint density at radius 1 is 1.29 bits per heavy atom. The van der Waals surface area contributed by atoms with Crippen LogP contribution in [0.5, 0.6) is 5.75 Å². The molecule has 0 bridgehead atoms. The molecule has 1 aromatic carbocycles. The van der Waals surface area contributed by atoms with Crippen LogP contribution in [0.1, 0.15) is 9.67 Å². The van der Waals surface area contributed by atoms with Crippen LogP contribution in [0.3, 0.4) is 0 Å². The predicted molar refractivity (Wildman–Crippen MR) is 67.9 cm³/mol. The van der Waals surface area contributed by atoms with Gasteiger partial charge in [-0.25, -0.2) is 4.79 Å². The van der Waals surface area contributed by atoms with Gasteiger partial charge in [0.05, 0.1) is 9.90 Å². The molecule has 0 aliphatic heterocycles. The van der Waals surface area contributed by atoms with Crippen LogP contribution in [0, 0.1) is 0 Å². The van der Waals surface area contributed by atoms with Crippen molar-refractivity contribution in [3.8, 4) is 5.75 Å². The standard InChI is InChI=1S/C11H9NO3S2/c12-8-5-9(10(14)15)17-11(8)16-7-3-1-6(13)2-4-7/h1-5,13H,12H2,(H,14,15). The second-order valence-corrected chi connectivity index (χ2v) is 5.65. The number of anilines is 1. The first-order chi connectivity index (χ1) is 8.06. The molecule has 0 fully saturated rings. The summed E-state index contributed by atoms with van der Waals surface area (Å²) in [6.07, 6.45) is 0. The first-order valence-corrected chi connectivity index (χ1v) is 6.29. The lowest BCUT2D eigenvalue weighted by atomic mass is 10.3. The van der Waals surface area contributed by atoms with E-state index < -0.39 is 5.97 Å². The molecule has 2 rings (SSSR count). The maximum atomic E-state index is 10.8. The van der Waals surface area contributed by atoms with Crippen LogP contribution in [0.2, 0.25) is 0 Å². The highest BCUT2D eigenvalue weighted by atomic mass is 32.2. The third-order valence-corrected chi connectivity index (χ3v) is 4.35. The molecule has 0 unspecified atom stereocenters. The van der Waals surface area contributed by atoms with Gasteiger partial charge in [0.1, 0.15) is 10.6 Å². The molecule has 17 heavy (non-hydrogen) atoms. The molecule has 0 aliphatic carbocycles. The number of aromatic carboxylic acids is 1. The zero-order valence-electron chi connectivity index (χ0n) is 8.58. The molecule has 0 aliphatic rings. The third kappa shape index (κ3) is 2.72. The molecule has 2 aromatic rings. The highest BCUT2D eigenvalue weighted by Gasteiger charge is 2.12. The van der Waals surface area contributed by atoms with Crippen LogP contribution in [0.25, 0.3) is 0 Å². The molecule has 0 saturated heterocycles. The maximum absolute atomic E-state index is 10.8. The molecule has 0 saturated carbocycles. The fourth-order valence-corrected chi connectivity index (χ4v) is 3.23. The highest BCUT2D eigenvalue weighted by molar-refractivity contribution is 8.01. The SMILES string of the molecule is Nc1cc(C(=O)O)sc1Sc1ccc(O)cc1. The Morgan fingerprint density at radius 2 is 1.94 bits per heavy atom. The summed E-state index contributed by atoms with van der Waals surface area (Å²) < 4.78 is 0.744. The Balaban J connectivity index is 2.24. The summed E-state index contributed by atoms with van der Waals surface area (Å²) in [5, 5.41) is 18.0. The first-order valence-electron chi connectivity index (χ1n) is 4.66. The van der Waals surface area contributed by atoms with Crippen LogP contribution in [0.4, 0.5) is 5.69 Å². The van der Waals surface area contributed by atoms with E-state index in [4.69, 9.17) is 15.9 Å². The van der Waals surface area contributed by atoms with Gasteiger partial charge < -0.3 is 15.9 Å². The number of rotatable bonds is 3. The minimum Gasteiger partial charge on any atom is -0.508 e. The zero-order valence-corrected chi connectivity index (χ0v) is 10.2. The minimum absolute atomic E-state index is 0.194. The van der Waals surface area contributed by atoms with Gasteiger partial charge in [0, 0.05) is 4.90 Å². The van der Waals surface area contributed by atoms with Crippen molar-refractivity contribution in [2.45, 2.75) is 9.10 Å². The number of phenolic OH excluding ortho intramolecular Hbond substituents is 1. The summed E-state index contributed by atoms with van der Waals surface area (Å²) in [6, 6.07) is 8.10. The maximum Gasteiger partial charge on any atom is 0.345 e. The molecule has 0 amide bonds. The Kier molecular flexibility index (Phi) is 3.26. The van der Waals surface area contributed by atoms with E-state index in [1.165, 1.54) is 17.8 Å². The van der Waals surface area contributed by atoms with Crippen molar-refractivity contribution in [2.75, 3.05) is 5.73 Å². The quantitative estimate of drug-likeness (QED) is 0.796. The van der Waals surface area contributed by atoms with Crippen LogP contribution in [0.15, 0.2) is 39.4 Å². The lowest BCUT2D eigenvalue weighted by Gasteiger charge is -1.99. The second kappa shape index (κ2) is 4.68. The summed E-state index contributed by atoms with van der Waals surface area (Å²) in [5.41, 5.74) is 6.20. The van der Waals surface area contributed by atoms with Crippen molar-refractivity contribution in [1.29, 1.82) is 0 Å². The zero-order chi connectivity index (χ0) is 12.4. The lowest BCUT2D eigenvalue weighted by Crippen LogP contribution is -1.90. The Morgan fingerprint density at radius 3 is 2.47 bits per heavy atom. The van der Waals surface area contributed by atoms with E-state index in [0.29, 0.717) is 5.69 Å². The van der Waals surface area contributed by atoms with E-state index in [0.717, 1.165) is 20.4 Å². The fourth-order valence-electron chi connectivity index (χ4n) is 1.19. The van der Waals surface area contributed by atoms with Crippen LogP contribution < -0.4 is 5.73 Å². The normalized spacial score (nSPS) is 10.4. The molecule has 88 valence electrons. The number of thiophene rings is 1. The van der Waals surface area contributed by atoms with Crippen molar-refractivity contribution in [3.63, 3.8) is 0 Å². The van der Waals surface area contributed by atoms with Gasteiger partial charge in [-0.05, 0) is 30.3 Å². The van der Waals surface area contributed by atoms with E-state index in [9.17, 15) is 4.79 Å². The van der Waals surface area contributed by atoms with E-state index in [-0.39, 0.29) is 10.6 Å². The summed E-state index contributed by atoms with van der Waals surface area (Å²) in [4.78, 5) is 11.9. The average molecular weight is 267 g/mol. The summed E-state index contributed by atoms with van der Waals surface area (Å²) in [5.74, 6) is -0.779. The molecule has 0 radical (unpaired) electrons. The molecule has 6 heteroatoms. The topological polar surface area (TPSA) is 83.6 Å². The van der Waals surface area contributed by atoms with E-state index in [2.05, 4.69) is 0 Å². The van der Waals surface area contributed by atoms with Gasteiger partial charge in [-0.3, -0.25) is 0 Å². The molecule has 1 heterocycles. The number of carboxylic acids is 1. The Bertz CT molecular complexity index is 548. The van der Waals surface area contributed by atoms with E-state index >= 15 is 0 Å². The largest absolute Gasteiger partial charge is 0.508 e. The van der Waals surface area contributed by atoms with Crippen LogP contribution in [-0.2, 0) is 0 Å². The molecular weight excluding hydrogens is 258 g/mol. The number of phenols is 1. The number of hydrogen-bond acceptors (Lipinski definition) is 5. The number of carbonyl (C=O) groups is 1. The van der Waals surface area contributed by atoms with Gasteiger partial charge in [0.2, 0.25) is 0 Å². The molecule has 4 N–H and O–H groups in total. The summed E-state index contributed by atoms with van der Waals surface area (Å²) >= 11 is 2.52. The smallest absolute Gasteiger partial charge is 0.345 e. The Hall–Kier alpha value is -1.66. The average Bonchev–Trinajstić information content (AvgIpc) is 2.64. The van der Waals surface area contributed by atoms with Gasteiger partial charge in [0.15, 0.2) is 0 Å². The monoisotopic (exact) mass is 267 g/mol. The van der Waals surface area contributed by atoms with Crippen molar-refractivity contribution < 1.29 is 15.0 Å². The molecule has 1 aromatic heterocycles. The fraction of sp³-hybridized carbons (Fsp3) is 0. The van der Waals surface area contributed by atoms with Crippen LogP contribution >= 0.6 is 23.1 Å². The van der Waals surface area contributed by atoms with E-state index in [1.807, 2.05) is 0 Å². The first kappa shape index (κ1) is 11.8. The van der Waals surface area contributed by atoms with Crippen molar-refractivity contribution in [3.05, 3.63) is 35.2 Å². The van der Waals surface area contributed by atoms with Crippen molar-refractivity contribution in [2.24, 2.45) is 0 Å². The number of aromatic hydroxyl groups is 1. The predicted octanol–water partition coefficient (Wildman–Crippen LogP) is 2.89. The highest BCUT2D eigenvalue weighted by Crippen LogP contribution is 2.38. The minimum atomic E-state index is -0.973. The van der Waals surface area contributed by atoms with Gasteiger partial charge in [0.25, 0.3) is 0 Å². The van der Waals surface area contributed by atoms with Gasteiger partial charge in [-0.1, -0.05) is 11.8 Å².